The molecule has 2 nitrogen and oxygen atoms in total. The molecule has 2 heteroatoms. The maximum atomic E-state index is 3.47. The number of nitrogens with one attached hydrogen (secondary N) is 1. The molecule has 0 aromatic heterocycles. The molecule has 0 unspecified atom stereocenters. The minimum atomic E-state index is 0.586. The number of hydrogen-bond donors (Lipinski definition) is 1. The third-order valence-corrected chi connectivity index (χ3v) is 3.97. The lowest BCUT2D eigenvalue weighted by molar-refractivity contribution is 0.122. The first-order valence-electron chi connectivity index (χ1n) is 6.68. The van der Waals surface area contributed by atoms with Crippen molar-refractivity contribution in [3.63, 3.8) is 0 Å². The number of nitrogens with zero attached hydrogens (tertiary/aromatic N) is 1. The monoisotopic (exact) mass is 210 g/mol. The summed E-state index contributed by atoms with van der Waals surface area (Å²) in [5.41, 5.74) is 0.586. The van der Waals surface area contributed by atoms with Gasteiger partial charge in [0.1, 0.15) is 0 Å². The van der Waals surface area contributed by atoms with Crippen LogP contribution in [-0.4, -0.2) is 37.1 Å². The van der Waals surface area contributed by atoms with E-state index in [1.165, 1.54) is 58.3 Å². The zero-order valence-corrected chi connectivity index (χ0v) is 10.4. The lowest BCUT2D eigenvalue weighted by atomic mass is 9.80. The van der Waals surface area contributed by atoms with E-state index in [2.05, 4.69) is 24.1 Å². The summed E-state index contributed by atoms with van der Waals surface area (Å²) < 4.78 is 0. The summed E-state index contributed by atoms with van der Waals surface area (Å²) in [4.78, 5) is 2.76. The van der Waals surface area contributed by atoms with E-state index in [1.54, 1.807) is 0 Å². The van der Waals surface area contributed by atoms with Crippen LogP contribution in [0.1, 0.15) is 46.0 Å². The van der Waals surface area contributed by atoms with Crippen molar-refractivity contribution in [3.8, 4) is 0 Å². The van der Waals surface area contributed by atoms with Crippen LogP contribution in [0.25, 0.3) is 0 Å². The van der Waals surface area contributed by atoms with Crippen LogP contribution in [0, 0.1) is 5.41 Å². The van der Waals surface area contributed by atoms with E-state index in [1.807, 2.05) is 0 Å². The van der Waals surface area contributed by atoms with Crippen LogP contribution in [0.3, 0.4) is 0 Å². The predicted molar refractivity (Wildman–Crippen MR) is 65.1 cm³/mol. The molecule has 1 heterocycles. The predicted octanol–water partition coefficient (Wildman–Crippen LogP) is 2.25. The topological polar surface area (TPSA) is 15.3 Å². The maximum Gasteiger partial charge on any atom is 0.00966 e. The van der Waals surface area contributed by atoms with E-state index in [4.69, 9.17) is 0 Å². The first-order chi connectivity index (χ1) is 7.23. The van der Waals surface area contributed by atoms with Crippen LogP contribution >= 0.6 is 0 Å². The SMILES string of the molecule is CCCN(CC1(C)CCNCC1)C1CC1. The highest BCUT2D eigenvalue weighted by atomic mass is 15.2. The molecule has 0 aromatic rings. The molecule has 88 valence electrons. The maximum absolute atomic E-state index is 3.47. The molecule has 0 bridgehead atoms. The first kappa shape index (κ1) is 11.4. The van der Waals surface area contributed by atoms with E-state index in [0.29, 0.717) is 5.41 Å². The molecule has 2 fully saturated rings. The van der Waals surface area contributed by atoms with Crippen molar-refractivity contribution in [3.05, 3.63) is 0 Å². The fraction of sp³-hybridized carbons (Fsp3) is 1.00. The normalized spacial score (nSPS) is 25.8. The molecule has 1 aliphatic carbocycles. The molecule has 15 heavy (non-hydrogen) atoms. The van der Waals surface area contributed by atoms with Gasteiger partial charge in [-0.05, 0) is 57.2 Å². The second-order valence-electron chi connectivity index (χ2n) is 5.76. The van der Waals surface area contributed by atoms with Crippen molar-refractivity contribution in [2.24, 2.45) is 5.41 Å². The number of hydrogen-bond acceptors (Lipinski definition) is 2. The second-order valence-corrected chi connectivity index (χ2v) is 5.76. The van der Waals surface area contributed by atoms with Crippen molar-refractivity contribution in [1.82, 2.24) is 10.2 Å². The Hall–Kier alpha value is -0.0800. The van der Waals surface area contributed by atoms with Crippen LogP contribution in [0.4, 0.5) is 0 Å². The van der Waals surface area contributed by atoms with Crippen LogP contribution in [0.5, 0.6) is 0 Å². The summed E-state index contributed by atoms with van der Waals surface area (Å²) in [5.74, 6) is 0. The number of rotatable bonds is 5. The van der Waals surface area contributed by atoms with Gasteiger partial charge in [0.05, 0.1) is 0 Å². The highest BCUT2D eigenvalue weighted by molar-refractivity contribution is 4.90. The van der Waals surface area contributed by atoms with Gasteiger partial charge in [0.15, 0.2) is 0 Å². The summed E-state index contributed by atoms with van der Waals surface area (Å²) in [6.07, 6.45) is 6.94. The molecule has 1 saturated carbocycles. The zero-order chi connectivity index (χ0) is 10.7. The average Bonchev–Trinajstić information content (AvgIpc) is 3.01. The third kappa shape index (κ3) is 3.18. The van der Waals surface area contributed by atoms with Crippen molar-refractivity contribution in [1.29, 1.82) is 0 Å². The van der Waals surface area contributed by atoms with Crippen LogP contribution in [0.15, 0.2) is 0 Å². The van der Waals surface area contributed by atoms with Gasteiger partial charge in [-0.1, -0.05) is 13.8 Å². The van der Waals surface area contributed by atoms with Gasteiger partial charge >= 0.3 is 0 Å². The largest absolute Gasteiger partial charge is 0.317 e. The fourth-order valence-electron chi connectivity index (χ4n) is 2.80. The number of piperidine rings is 1. The molecule has 0 amide bonds. The van der Waals surface area contributed by atoms with Crippen molar-refractivity contribution >= 4 is 0 Å². The van der Waals surface area contributed by atoms with E-state index >= 15 is 0 Å². The summed E-state index contributed by atoms with van der Waals surface area (Å²) in [7, 11) is 0. The van der Waals surface area contributed by atoms with Gasteiger partial charge in [-0.25, -0.2) is 0 Å². The lowest BCUT2D eigenvalue weighted by Crippen LogP contribution is -2.44. The molecule has 0 atom stereocenters. The molecule has 0 aromatic carbocycles. The fourth-order valence-corrected chi connectivity index (χ4v) is 2.80. The van der Waals surface area contributed by atoms with Gasteiger partial charge in [0.2, 0.25) is 0 Å². The van der Waals surface area contributed by atoms with Gasteiger partial charge in [0, 0.05) is 12.6 Å². The van der Waals surface area contributed by atoms with E-state index < -0.39 is 0 Å². The van der Waals surface area contributed by atoms with Gasteiger partial charge in [0.25, 0.3) is 0 Å². The second kappa shape index (κ2) is 4.84. The molecule has 2 rings (SSSR count). The molecule has 2 aliphatic rings. The minimum absolute atomic E-state index is 0.586. The summed E-state index contributed by atoms with van der Waals surface area (Å²) in [5, 5.41) is 3.47. The molecule has 1 N–H and O–H groups in total. The van der Waals surface area contributed by atoms with Crippen LogP contribution in [-0.2, 0) is 0 Å². The summed E-state index contributed by atoms with van der Waals surface area (Å²) in [6, 6.07) is 0.941. The summed E-state index contributed by atoms with van der Waals surface area (Å²) in [6.45, 7) is 9.89. The van der Waals surface area contributed by atoms with Crippen molar-refractivity contribution < 1.29 is 0 Å². The Morgan fingerprint density at radius 2 is 1.93 bits per heavy atom. The van der Waals surface area contributed by atoms with Crippen molar-refractivity contribution in [2.45, 2.75) is 52.0 Å². The Balaban J connectivity index is 1.85. The molecule has 1 saturated heterocycles. The van der Waals surface area contributed by atoms with Crippen LogP contribution < -0.4 is 5.32 Å². The quantitative estimate of drug-likeness (QED) is 0.749. The first-order valence-corrected chi connectivity index (χ1v) is 6.68. The third-order valence-electron chi connectivity index (χ3n) is 3.97. The van der Waals surface area contributed by atoms with E-state index in [9.17, 15) is 0 Å². The molecular weight excluding hydrogens is 184 g/mol. The zero-order valence-electron chi connectivity index (χ0n) is 10.4. The minimum Gasteiger partial charge on any atom is -0.317 e. The summed E-state index contributed by atoms with van der Waals surface area (Å²) >= 11 is 0. The lowest BCUT2D eigenvalue weighted by Gasteiger charge is -2.38. The molecular formula is C13H26N2. The van der Waals surface area contributed by atoms with Gasteiger partial charge in [-0.3, -0.25) is 4.90 Å². The highest BCUT2D eigenvalue weighted by Gasteiger charge is 2.35. The molecule has 0 spiro atoms. The standard InChI is InChI=1S/C13H26N2/c1-3-10-15(12-4-5-12)11-13(2)6-8-14-9-7-13/h12,14H,3-11H2,1-2H3. The van der Waals surface area contributed by atoms with Crippen molar-refractivity contribution in [2.75, 3.05) is 26.2 Å². The van der Waals surface area contributed by atoms with Gasteiger partial charge < -0.3 is 5.32 Å². The molecule has 0 radical (unpaired) electrons. The Morgan fingerprint density at radius 3 is 2.47 bits per heavy atom. The van der Waals surface area contributed by atoms with E-state index in [0.717, 1.165) is 6.04 Å². The van der Waals surface area contributed by atoms with Gasteiger partial charge in [-0.15, -0.1) is 0 Å². The molecule has 1 aliphatic heterocycles. The highest BCUT2D eigenvalue weighted by Crippen LogP contribution is 2.34. The Kier molecular flexibility index (Phi) is 3.68. The Labute approximate surface area is 94.4 Å². The Morgan fingerprint density at radius 1 is 1.27 bits per heavy atom. The smallest absolute Gasteiger partial charge is 0.00966 e. The average molecular weight is 210 g/mol. The van der Waals surface area contributed by atoms with Crippen LogP contribution in [0.2, 0.25) is 0 Å². The Bertz CT molecular complexity index is 193. The van der Waals surface area contributed by atoms with Gasteiger partial charge in [-0.2, -0.15) is 0 Å². The van der Waals surface area contributed by atoms with E-state index in [-0.39, 0.29) is 0 Å².